The molecule has 4 rings (SSSR count). The molecule has 1 saturated heterocycles. The highest BCUT2D eigenvalue weighted by molar-refractivity contribution is 6.30. The predicted octanol–water partition coefficient (Wildman–Crippen LogP) is 0.523. The quantitative estimate of drug-likeness (QED) is 0.558. The lowest BCUT2D eigenvalue weighted by molar-refractivity contribution is -0.747. The molecule has 136 valence electrons. The molecule has 2 aromatic rings. The minimum atomic E-state index is -0.597. The highest BCUT2D eigenvalue weighted by atomic mass is 35.5. The second-order valence-electron chi connectivity index (χ2n) is 6.60. The highest BCUT2D eigenvalue weighted by Crippen LogP contribution is 2.35. The van der Waals surface area contributed by atoms with Crippen LogP contribution in [-0.2, 0) is 23.2 Å². The average Bonchev–Trinajstić information content (AvgIpc) is 3.35. The van der Waals surface area contributed by atoms with E-state index in [4.69, 9.17) is 11.6 Å². The van der Waals surface area contributed by atoms with Gasteiger partial charge >= 0.3 is 0 Å². The topological polar surface area (TPSA) is 93.6 Å². The van der Waals surface area contributed by atoms with E-state index in [1.807, 2.05) is 4.90 Å². The Bertz CT molecular complexity index is 843. The Morgan fingerprint density at radius 1 is 1.35 bits per heavy atom. The third-order valence-electron chi connectivity index (χ3n) is 4.83. The van der Waals surface area contributed by atoms with E-state index in [9.17, 15) is 14.7 Å². The maximum Gasteiger partial charge on any atom is 0.251 e. The van der Waals surface area contributed by atoms with E-state index in [0.717, 1.165) is 12.8 Å². The van der Waals surface area contributed by atoms with E-state index in [1.54, 1.807) is 31.3 Å². The SMILES string of the molecule is C[n+]1noc([O-])c1CN(C1CC1)C1CC(=O)N(c2ccc(Cl)cc2)C1=O. The molecule has 1 aromatic carbocycles. The molecule has 1 unspecified atom stereocenters. The molecule has 2 fully saturated rings. The van der Waals surface area contributed by atoms with Crippen LogP contribution < -0.4 is 14.7 Å². The number of carbonyl (C=O) groups is 2. The van der Waals surface area contributed by atoms with Gasteiger partial charge in [0.1, 0.15) is 0 Å². The molecule has 0 spiro atoms. The van der Waals surface area contributed by atoms with E-state index < -0.39 is 12.0 Å². The molecule has 0 radical (unpaired) electrons. The zero-order valence-corrected chi connectivity index (χ0v) is 14.8. The van der Waals surface area contributed by atoms with Crippen molar-refractivity contribution in [3.63, 3.8) is 0 Å². The lowest BCUT2D eigenvalue weighted by Gasteiger charge is -2.25. The summed E-state index contributed by atoms with van der Waals surface area (Å²) in [4.78, 5) is 28.6. The third-order valence-corrected chi connectivity index (χ3v) is 5.08. The van der Waals surface area contributed by atoms with Gasteiger partial charge in [0.15, 0.2) is 13.0 Å². The number of rotatable bonds is 5. The Morgan fingerprint density at radius 2 is 2.04 bits per heavy atom. The number of hydrogen-bond donors (Lipinski definition) is 0. The lowest BCUT2D eigenvalue weighted by atomic mass is 10.2. The minimum Gasteiger partial charge on any atom is -0.539 e. The van der Waals surface area contributed by atoms with Crippen LogP contribution in [0.3, 0.4) is 0 Å². The number of hydrogen-bond acceptors (Lipinski definition) is 6. The van der Waals surface area contributed by atoms with E-state index in [-0.39, 0.29) is 30.8 Å². The lowest BCUT2D eigenvalue weighted by Crippen LogP contribution is -2.46. The van der Waals surface area contributed by atoms with Crippen LogP contribution in [0.2, 0.25) is 5.02 Å². The fraction of sp³-hybridized carbons (Fsp3) is 0.412. The number of amides is 2. The summed E-state index contributed by atoms with van der Waals surface area (Å²) in [5.74, 6) is -1.06. The van der Waals surface area contributed by atoms with Crippen LogP contribution in [0.25, 0.3) is 0 Å². The van der Waals surface area contributed by atoms with Crippen molar-refractivity contribution >= 4 is 29.1 Å². The third kappa shape index (κ3) is 2.95. The average molecular weight is 377 g/mol. The standard InChI is InChI=1S/C17H17ClN4O4/c1-20-14(17(25)26-19-20)9-21(11-6-7-11)13-8-15(23)22(16(13)24)12-4-2-10(18)3-5-12/h2-5,11,13H,6-9H2,1H3. The summed E-state index contributed by atoms with van der Waals surface area (Å²) >= 11 is 5.89. The smallest absolute Gasteiger partial charge is 0.251 e. The molecule has 8 nitrogen and oxygen atoms in total. The number of imide groups is 1. The summed E-state index contributed by atoms with van der Waals surface area (Å²) in [6, 6.07) is 6.17. The number of anilines is 1. The highest BCUT2D eigenvalue weighted by Gasteiger charge is 2.47. The van der Waals surface area contributed by atoms with Gasteiger partial charge in [-0.2, -0.15) is 0 Å². The minimum absolute atomic E-state index is 0.0845. The van der Waals surface area contributed by atoms with Crippen LogP contribution in [0.4, 0.5) is 5.69 Å². The van der Waals surface area contributed by atoms with Gasteiger partial charge in [-0.05, 0) is 37.1 Å². The summed E-state index contributed by atoms with van der Waals surface area (Å²) in [5.41, 5.74) is 0.866. The summed E-state index contributed by atoms with van der Waals surface area (Å²) in [7, 11) is 1.62. The first-order valence-electron chi connectivity index (χ1n) is 8.35. The molecule has 1 saturated carbocycles. The van der Waals surface area contributed by atoms with Gasteiger partial charge in [-0.15, -0.1) is 0 Å². The molecular formula is C17H17ClN4O4. The Morgan fingerprint density at radius 3 is 2.62 bits per heavy atom. The first-order valence-corrected chi connectivity index (χ1v) is 8.73. The predicted molar refractivity (Wildman–Crippen MR) is 88.0 cm³/mol. The molecule has 26 heavy (non-hydrogen) atoms. The van der Waals surface area contributed by atoms with Gasteiger partial charge in [0.2, 0.25) is 11.6 Å². The maximum absolute atomic E-state index is 13.0. The molecule has 1 atom stereocenters. The fourth-order valence-corrected chi connectivity index (χ4v) is 3.43. The largest absolute Gasteiger partial charge is 0.539 e. The molecule has 0 bridgehead atoms. The Kier molecular flexibility index (Phi) is 4.16. The monoisotopic (exact) mass is 376 g/mol. The fourth-order valence-electron chi connectivity index (χ4n) is 3.31. The number of nitrogens with zero attached hydrogens (tertiary/aromatic N) is 4. The van der Waals surface area contributed by atoms with Crippen molar-refractivity contribution in [1.29, 1.82) is 0 Å². The molecular weight excluding hydrogens is 360 g/mol. The van der Waals surface area contributed by atoms with Crippen molar-refractivity contribution in [3.05, 3.63) is 35.0 Å². The van der Waals surface area contributed by atoms with Gasteiger partial charge in [0.05, 0.1) is 30.0 Å². The van der Waals surface area contributed by atoms with E-state index >= 15 is 0 Å². The molecule has 1 aliphatic heterocycles. The van der Waals surface area contributed by atoms with E-state index in [1.165, 1.54) is 9.58 Å². The van der Waals surface area contributed by atoms with Crippen molar-refractivity contribution < 1.29 is 23.9 Å². The van der Waals surface area contributed by atoms with Crippen LogP contribution >= 0.6 is 11.6 Å². The number of aryl methyl sites for hydroxylation is 1. The summed E-state index contributed by atoms with van der Waals surface area (Å²) in [5, 5.41) is 16.0. The van der Waals surface area contributed by atoms with Crippen molar-refractivity contribution in [2.45, 2.75) is 37.9 Å². The van der Waals surface area contributed by atoms with Crippen LogP contribution in [0.15, 0.2) is 28.8 Å². The van der Waals surface area contributed by atoms with Crippen molar-refractivity contribution in [2.24, 2.45) is 7.05 Å². The van der Waals surface area contributed by atoms with Gasteiger partial charge in [-0.3, -0.25) is 14.5 Å². The molecule has 2 heterocycles. The van der Waals surface area contributed by atoms with Crippen LogP contribution in [0.5, 0.6) is 5.95 Å². The molecule has 0 N–H and O–H groups in total. The van der Waals surface area contributed by atoms with Gasteiger partial charge in [0, 0.05) is 11.1 Å². The Balaban J connectivity index is 1.60. The van der Waals surface area contributed by atoms with Gasteiger partial charge < -0.3 is 9.63 Å². The molecule has 9 heteroatoms. The van der Waals surface area contributed by atoms with Crippen LogP contribution in [-0.4, -0.2) is 34.1 Å². The number of carbonyl (C=O) groups excluding carboxylic acids is 2. The van der Waals surface area contributed by atoms with Crippen molar-refractivity contribution in [1.82, 2.24) is 10.2 Å². The molecule has 1 aromatic heterocycles. The van der Waals surface area contributed by atoms with E-state index in [2.05, 4.69) is 9.79 Å². The van der Waals surface area contributed by atoms with E-state index in [0.29, 0.717) is 16.4 Å². The van der Waals surface area contributed by atoms with Gasteiger partial charge in [-0.25, -0.2) is 4.90 Å². The Labute approximate surface area is 154 Å². The maximum atomic E-state index is 13.0. The van der Waals surface area contributed by atoms with Crippen molar-refractivity contribution in [3.8, 4) is 5.95 Å². The van der Waals surface area contributed by atoms with Gasteiger partial charge in [-0.1, -0.05) is 16.3 Å². The molecule has 2 aliphatic rings. The summed E-state index contributed by atoms with van der Waals surface area (Å²) in [6.45, 7) is 0.224. The normalized spacial score (nSPS) is 20.4. The van der Waals surface area contributed by atoms with Crippen LogP contribution in [0.1, 0.15) is 25.0 Å². The van der Waals surface area contributed by atoms with Gasteiger partial charge in [0.25, 0.3) is 5.91 Å². The molecule has 1 aliphatic carbocycles. The summed E-state index contributed by atoms with van der Waals surface area (Å²) in [6.07, 6.45) is 1.95. The zero-order valence-electron chi connectivity index (χ0n) is 14.1. The molecule has 2 amide bonds. The summed E-state index contributed by atoms with van der Waals surface area (Å²) < 4.78 is 6.04. The second kappa shape index (κ2) is 6.37. The van der Waals surface area contributed by atoms with Crippen molar-refractivity contribution in [2.75, 3.05) is 4.90 Å². The zero-order chi connectivity index (χ0) is 18.4. The van der Waals surface area contributed by atoms with Crippen LogP contribution in [0, 0.1) is 0 Å². The Hall–Kier alpha value is -2.45. The number of halogens is 1. The number of aromatic nitrogens is 2. The first-order chi connectivity index (χ1) is 12.5. The first kappa shape index (κ1) is 17.0. The second-order valence-corrected chi connectivity index (χ2v) is 7.03. The number of benzene rings is 1.